The Morgan fingerprint density at radius 2 is 1.77 bits per heavy atom. The zero-order chi connectivity index (χ0) is 9.94. The molecule has 0 aromatic heterocycles. The Balaban J connectivity index is 2.95. The fraction of sp³-hybridized carbons (Fsp3) is 0.900. The number of ether oxygens (including phenoxy) is 1. The number of unbranched alkanes of at least 4 members (excludes halogenated alkanes) is 5. The van der Waals surface area contributed by atoms with Crippen LogP contribution in [0, 0.1) is 0 Å². The zero-order valence-corrected chi connectivity index (χ0v) is 8.77. The second-order valence-corrected chi connectivity index (χ2v) is 3.19. The van der Waals surface area contributed by atoms with Crippen molar-refractivity contribution in [3.8, 4) is 0 Å². The quantitative estimate of drug-likeness (QED) is 0.622. The Kier molecular flexibility index (Phi) is 8.83. The number of nitrogens with one attached hydrogen (secondary N) is 1. The fourth-order valence-electron chi connectivity index (χ4n) is 1.17. The van der Waals surface area contributed by atoms with E-state index in [-0.39, 0.29) is 6.09 Å². The number of hydrogen-bond donors (Lipinski definition) is 1. The SMILES string of the molecule is CCCCCCCCNC(=O)OC. The number of rotatable bonds is 7. The Morgan fingerprint density at radius 1 is 1.15 bits per heavy atom. The van der Waals surface area contributed by atoms with Gasteiger partial charge in [-0.3, -0.25) is 0 Å². The topological polar surface area (TPSA) is 38.3 Å². The van der Waals surface area contributed by atoms with Crippen LogP contribution in [0.25, 0.3) is 0 Å². The zero-order valence-electron chi connectivity index (χ0n) is 8.77. The molecule has 1 N–H and O–H groups in total. The van der Waals surface area contributed by atoms with Crippen LogP contribution in [-0.4, -0.2) is 19.7 Å². The predicted octanol–water partition coefficient (Wildman–Crippen LogP) is 2.70. The van der Waals surface area contributed by atoms with Gasteiger partial charge in [-0.1, -0.05) is 39.0 Å². The van der Waals surface area contributed by atoms with Gasteiger partial charge >= 0.3 is 6.09 Å². The van der Waals surface area contributed by atoms with E-state index < -0.39 is 0 Å². The Labute approximate surface area is 80.8 Å². The molecule has 0 rings (SSSR count). The van der Waals surface area contributed by atoms with Crippen LogP contribution in [0.2, 0.25) is 0 Å². The summed E-state index contributed by atoms with van der Waals surface area (Å²) in [5, 5.41) is 2.66. The number of amides is 1. The monoisotopic (exact) mass is 187 g/mol. The lowest BCUT2D eigenvalue weighted by molar-refractivity contribution is 0.171. The van der Waals surface area contributed by atoms with E-state index in [1.807, 2.05) is 0 Å². The van der Waals surface area contributed by atoms with Crippen molar-refractivity contribution in [2.75, 3.05) is 13.7 Å². The largest absolute Gasteiger partial charge is 0.453 e. The highest BCUT2D eigenvalue weighted by molar-refractivity contribution is 5.66. The minimum absolute atomic E-state index is 0.325. The highest BCUT2D eigenvalue weighted by atomic mass is 16.5. The lowest BCUT2D eigenvalue weighted by Gasteiger charge is -2.02. The first-order valence-electron chi connectivity index (χ1n) is 5.13. The van der Waals surface area contributed by atoms with Crippen LogP contribution >= 0.6 is 0 Å². The highest BCUT2D eigenvalue weighted by Crippen LogP contribution is 2.03. The first-order chi connectivity index (χ1) is 6.31. The summed E-state index contributed by atoms with van der Waals surface area (Å²) in [5.41, 5.74) is 0. The molecule has 0 radical (unpaired) electrons. The Bertz CT molecular complexity index is 126. The third-order valence-electron chi connectivity index (χ3n) is 1.99. The van der Waals surface area contributed by atoms with E-state index in [0.717, 1.165) is 13.0 Å². The summed E-state index contributed by atoms with van der Waals surface area (Å²) in [5.74, 6) is 0. The van der Waals surface area contributed by atoms with Gasteiger partial charge in [0.25, 0.3) is 0 Å². The molecule has 0 bridgehead atoms. The van der Waals surface area contributed by atoms with Gasteiger partial charge in [-0.15, -0.1) is 0 Å². The molecule has 3 heteroatoms. The average Bonchev–Trinajstić information content (AvgIpc) is 2.16. The molecule has 0 atom stereocenters. The highest BCUT2D eigenvalue weighted by Gasteiger charge is 1.95. The van der Waals surface area contributed by atoms with E-state index in [9.17, 15) is 4.79 Å². The molecule has 3 nitrogen and oxygen atoms in total. The van der Waals surface area contributed by atoms with Gasteiger partial charge in [0.15, 0.2) is 0 Å². The third kappa shape index (κ3) is 9.18. The molecule has 0 aliphatic carbocycles. The molecule has 0 aliphatic heterocycles. The van der Waals surface area contributed by atoms with Crippen molar-refractivity contribution in [3.05, 3.63) is 0 Å². The van der Waals surface area contributed by atoms with Crippen LogP contribution in [0.4, 0.5) is 4.79 Å². The summed E-state index contributed by atoms with van der Waals surface area (Å²) < 4.78 is 4.45. The predicted molar refractivity (Wildman–Crippen MR) is 53.8 cm³/mol. The Hall–Kier alpha value is -0.730. The fourth-order valence-corrected chi connectivity index (χ4v) is 1.17. The van der Waals surface area contributed by atoms with Crippen LogP contribution in [0.15, 0.2) is 0 Å². The molecule has 13 heavy (non-hydrogen) atoms. The molecule has 0 saturated heterocycles. The van der Waals surface area contributed by atoms with Gasteiger partial charge in [-0.25, -0.2) is 4.79 Å². The molecule has 1 amide bonds. The molecule has 0 fully saturated rings. The van der Waals surface area contributed by atoms with Crippen molar-refractivity contribution in [1.82, 2.24) is 5.32 Å². The normalized spacial score (nSPS) is 9.69. The van der Waals surface area contributed by atoms with Crippen LogP contribution < -0.4 is 5.32 Å². The molecular formula is C10H21NO2. The van der Waals surface area contributed by atoms with E-state index in [1.54, 1.807) is 0 Å². The summed E-state index contributed by atoms with van der Waals surface area (Å²) in [6, 6.07) is 0. The van der Waals surface area contributed by atoms with Crippen molar-refractivity contribution >= 4 is 6.09 Å². The lowest BCUT2D eigenvalue weighted by Crippen LogP contribution is -2.23. The third-order valence-corrected chi connectivity index (χ3v) is 1.99. The van der Waals surface area contributed by atoms with Crippen molar-refractivity contribution < 1.29 is 9.53 Å². The van der Waals surface area contributed by atoms with Crippen LogP contribution in [0.5, 0.6) is 0 Å². The maximum absolute atomic E-state index is 10.6. The molecule has 0 unspecified atom stereocenters. The van der Waals surface area contributed by atoms with Crippen molar-refractivity contribution in [2.45, 2.75) is 45.4 Å². The van der Waals surface area contributed by atoms with E-state index in [0.29, 0.717) is 0 Å². The standard InChI is InChI=1S/C10H21NO2/c1-3-4-5-6-7-8-9-11-10(12)13-2/h3-9H2,1-2H3,(H,11,12). The van der Waals surface area contributed by atoms with Crippen LogP contribution in [0.3, 0.4) is 0 Å². The summed E-state index contributed by atoms with van der Waals surface area (Å²) in [6.45, 7) is 2.94. The Morgan fingerprint density at radius 3 is 2.38 bits per heavy atom. The smallest absolute Gasteiger partial charge is 0.406 e. The molecule has 0 aromatic rings. The maximum Gasteiger partial charge on any atom is 0.406 e. The molecule has 0 aliphatic rings. The van der Waals surface area contributed by atoms with Crippen molar-refractivity contribution in [2.24, 2.45) is 0 Å². The van der Waals surface area contributed by atoms with Gasteiger partial charge in [0.05, 0.1) is 7.11 Å². The maximum atomic E-state index is 10.6. The summed E-state index contributed by atoms with van der Waals surface area (Å²) in [4.78, 5) is 10.6. The summed E-state index contributed by atoms with van der Waals surface area (Å²) >= 11 is 0. The van der Waals surface area contributed by atoms with Crippen LogP contribution in [-0.2, 0) is 4.74 Å². The minimum Gasteiger partial charge on any atom is -0.453 e. The molecule has 0 saturated carbocycles. The van der Waals surface area contributed by atoms with Crippen LogP contribution in [0.1, 0.15) is 45.4 Å². The second-order valence-electron chi connectivity index (χ2n) is 3.19. The van der Waals surface area contributed by atoms with Gasteiger partial charge in [0, 0.05) is 6.54 Å². The molecular weight excluding hydrogens is 166 g/mol. The van der Waals surface area contributed by atoms with E-state index in [2.05, 4.69) is 17.0 Å². The molecule has 78 valence electrons. The molecule has 0 heterocycles. The molecule has 0 spiro atoms. The van der Waals surface area contributed by atoms with Gasteiger partial charge in [0.2, 0.25) is 0 Å². The second kappa shape index (κ2) is 9.36. The van der Waals surface area contributed by atoms with E-state index in [1.165, 1.54) is 39.2 Å². The number of hydrogen-bond acceptors (Lipinski definition) is 2. The summed E-state index contributed by atoms with van der Waals surface area (Å²) in [7, 11) is 1.39. The number of methoxy groups -OCH3 is 1. The van der Waals surface area contributed by atoms with Gasteiger partial charge in [0.1, 0.15) is 0 Å². The average molecular weight is 187 g/mol. The van der Waals surface area contributed by atoms with Gasteiger partial charge < -0.3 is 10.1 Å². The molecule has 0 aromatic carbocycles. The number of alkyl carbamates (subject to hydrolysis) is 1. The van der Waals surface area contributed by atoms with Gasteiger partial charge in [-0.05, 0) is 6.42 Å². The summed E-state index contributed by atoms with van der Waals surface area (Å²) in [6.07, 6.45) is 7.12. The lowest BCUT2D eigenvalue weighted by atomic mass is 10.1. The van der Waals surface area contributed by atoms with Crippen molar-refractivity contribution in [1.29, 1.82) is 0 Å². The first kappa shape index (κ1) is 12.3. The van der Waals surface area contributed by atoms with Crippen molar-refractivity contribution in [3.63, 3.8) is 0 Å². The first-order valence-corrected chi connectivity index (χ1v) is 5.13. The number of carbonyl (C=O) groups is 1. The van der Waals surface area contributed by atoms with Gasteiger partial charge in [-0.2, -0.15) is 0 Å². The number of carbonyl (C=O) groups excluding carboxylic acids is 1. The minimum atomic E-state index is -0.325. The van der Waals surface area contributed by atoms with E-state index >= 15 is 0 Å². The van der Waals surface area contributed by atoms with E-state index in [4.69, 9.17) is 0 Å².